The lowest BCUT2D eigenvalue weighted by atomic mass is 10.1. The molecule has 2 heterocycles. The predicted molar refractivity (Wildman–Crippen MR) is 121 cm³/mol. The molecule has 7 heteroatoms. The smallest absolute Gasteiger partial charge is 0.191 e. The van der Waals surface area contributed by atoms with Crippen LogP contribution < -0.4 is 10.6 Å². The lowest BCUT2D eigenvalue weighted by molar-refractivity contribution is 0.0468. The summed E-state index contributed by atoms with van der Waals surface area (Å²) < 4.78 is 8.06. The van der Waals surface area contributed by atoms with Crippen molar-refractivity contribution in [2.75, 3.05) is 26.7 Å². The second-order valence-electron chi connectivity index (χ2n) is 6.86. The van der Waals surface area contributed by atoms with Gasteiger partial charge >= 0.3 is 0 Å². The van der Waals surface area contributed by atoms with Crippen LogP contribution in [-0.4, -0.2) is 48.2 Å². The zero-order valence-corrected chi connectivity index (χ0v) is 18.5. The number of imidazole rings is 1. The van der Waals surface area contributed by atoms with E-state index in [2.05, 4.69) is 26.8 Å². The second-order valence-corrected chi connectivity index (χ2v) is 6.86. The number of fused-ring (bicyclic) bond motifs is 1. The number of nitrogens with zero attached hydrogens (tertiary/aromatic N) is 3. The van der Waals surface area contributed by atoms with Crippen LogP contribution in [0.1, 0.15) is 44.2 Å². The molecular weight excluding hydrogens is 453 g/mol. The molecule has 0 aliphatic heterocycles. The molecule has 0 spiro atoms. The van der Waals surface area contributed by atoms with E-state index in [9.17, 15) is 0 Å². The maximum Gasteiger partial charge on any atom is 0.191 e. The number of aliphatic imine (C=N–C) groups is 1. The molecular formula is C20H32IN5O. The van der Waals surface area contributed by atoms with Gasteiger partial charge in [0, 0.05) is 39.0 Å². The van der Waals surface area contributed by atoms with E-state index >= 15 is 0 Å². The summed E-state index contributed by atoms with van der Waals surface area (Å²) in [6.07, 6.45) is 13.2. The van der Waals surface area contributed by atoms with E-state index in [1.165, 1.54) is 38.5 Å². The minimum Gasteiger partial charge on any atom is -0.376 e. The standard InChI is InChI=1S/C20H31N5O.HI/c1-21-20(23-13-15-26-18-8-4-2-3-5-9-18)22-12-11-17-16-25-14-7-6-10-19(25)24-17;/h6-7,10,14,16,18H,2-5,8-9,11-13,15H2,1H3,(H2,21,22,23);1H. The van der Waals surface area contributed by atoms with Gasteiger partial charge in [0.15, 0.2) is 5.96 Å². The average Bonchev–Trinajstić information content (AvgIpc) is 2.90. The maximum absolute atomic E-state index is 6.01. The van der Waals surface area contributed by atoms with Crippen molar-refractivity contribution in [3.8, 4) is 0 Å². The van der Waals surface area contributed by atoms with E-state index in [0.717, 1.165) is 43.4 Å². The number of nitrogens with one attached hydrogen (secondary N) is 2. The van der Waals surface area contributed by atoms with Gasteiger partial charge in [-0.15, -0.1) is 24.0 Å². The van der Waals surface area contributed by atoms with Crippen LogP contribution in [0, 0.1) is 0 Å². The average molecular weight is 485 g/mol. The monoisotopic (exact) mass is 485 g/mol. The highest BCUT2D eigenvalue weighted by Crippen LogP contribution is 2.19. The Bertz CT molecular complexity index is 661. The molecule has 1 fully saturated rings. The van der Waals surface area contributed by atoms with Crippen molar-refractivity contribution in [2.45, 2.75) is 51.0 Å². The Labute approximate surface area is 179 Å². The fourth-order valence-electron chi connectivity index (χ4n) is 3.44. The van der Waals surface area contributed by atoms with Gasteiger partial charge < -0.3 is 19.8 Å². The predicted octanol–water partition coefficient (Wildman–Crippen LogP) is 3.40. The molecule has 2 N–H and O–H groups in total. The SMILES string of the molecule is CN=C(NCCOC1CCCCCC1)NCCc1cn2ccccc2n1.I. The third kappa shape index (κ3) is 7.29. The zero-order chi connectivity index (χ0) is 18.0. The molecule has 1 aliphatic rings. The van der Waals surface area contributed by atoms with Crippen molar-refractivity contribution in [1.29, 1.82) is 0 Å². The molecule has 0 atom stereocenters. The molecule has 0 amide bonds. The summed E-state index contributed by atoms with van der Waals surface area (Å²) in [6.45, 7) is 2.31. The number of hydrogen-bond donors (Lipinski definition) is 2. The Morgan fingerprint density at radius 1 is 1.19 bits per heavy atom. The van der Waals surface area contributed by atoms with Crippen LogP contribution >= 0.6 is 24.0 Å². The molecule has 2 aromatic heterocycles. The van der Waals surface area contributed by atoms with E-state index in [4.69, 9.17) is 4.74 Å². The molecule has 0 saturated heterocycles. The highest BCUT2D eigenvalue weighted by molar-refractivity contribution is 14.0. The van der Waals surface area contributed by atoms with Gasteiger partial charge in [-0.3, -0.25) is 4.99 Å². The van der Waals surface area contributed by atoms with E-state index < -0.39 is 0 Å². The quantitative estimate of drug-likeness (QED) is 0.208. The van der Waals surface area contributed by atoms with Crippen LogP contribution in [0.4, 0.5) is 0 Å². The number of pyridine rings is 1. The van der Waals surface area contributed by atoms with Gasteiger partial charge in [0.05, 0.1) is 18.4 Å². The number of guanidine groups is 1. The number of aromatic nitrogens is 2. The van der Waals surface area contributed by atoms with Crippen molar-refractivity contribution >= 4 is 35.6 Å². The first-order chi connectivity index (χ1) is 12.8. The summed E-state index contributed by atoms with van der Waals surface area (Å²) in [5, 5.41) is 6.67. The van der Waals surface area contributed by atoms with Gasteiger partial charge in [0.25, 0.3) is 0 Å². The van der Waals surface area contributed by atoms with Crippen LogP contribution in [0.2, 0.25) is 0 Å². The van der Waals surface area contributed by atoms with Crippen molar-refractivity contribution in [2.24, 2.45) is 4.99 Å². The van der Waals surface area contributed by atoms with Crippen molar-refractivity contribution in [1.82, 2.24) is 20.0 Å². The third-order valence-electron chi connectivity index (χ3n) is 4.86. The van der Waals surface area contributed by atoms with E-state index in [1.807, 2.05) is 28.8 Å². The van der Waals surface area contributed by atoms with Crippen LogP contribution in [-0.2, 0) is 11.2 Å². The molecule has 150 valence electrons. The van der Waals surface area contributed by atoms with Gasteiger partial charge in [-0.2, -0.15) is 0 Å². The molecule has 0 radical (unpaired) electrons. The molecule has 2 aromatic rings. The summed E-state index contributed by atoms with van der Waals surface area (Å²) in [4.78, 5) is 8.89. The summed E-state index contributed by atoms with van der Waals surface area (Å²) in [6, 6.07) is 6.04. The molecule has 6 nitrogen and oxygen atoms in total. The maximum atomic E-state index is 6.01. The minimum absolute atomic E-state index is 0. The Morgan fingerprint density at radius 2 is 1.96 bits per heavy atom. The lowest BCUT2D eigenvalue weighted by Gasteiger charge is -2.16. The minimum atomic E-state index is 0. The van der Waals surface area contributed by atoms with Crippen LogP contribution in [0.25, 0.3) is 5.65 Å². The summed E-state index contributed by atoms with van der Waals surface area (Å²) in [7, 11) is 1.80. The zero-order valence-electron chi connectivity index (χ0n) is 16.2. The number of halogens is 1. The Kier molecular flexibility index (Phi) is 9.90. The topological polar surface area (TPSA) is 63.0 Å². The molecule has 0 aromatic carbocycles. The van der Waals surface area contributed by atoms with Crippen LogP contribution in [0.15, 0.2) is 35.6 Å². The highest BCUT2D eigenvalue weighted by Gasteiger charge is 2.12. The fourth-order valence-corrected chi connectivity index (χ4v) is 3.44. The lowest BCUT2D eigenvalue weighted by Crippen LogP contribution is -2.40. The highest BCUT2D eigenvalue weighted by atomic mass is 127. The first-order valence-corrected chi connectivity index (χ1v) is 9.84. The van der Waals surface area contributed by atoms with Gasteiger partial charge in [0.1, 0.15) is 5.65 Å². The fraction of sp³-hybridized carbons (Fsp3) is 0.600. The van der Waals surface area contributed by atoms with Crippen molar-refractivity contribution in [3.05, 3.63) is 36.3 Å². The number of rotatable bonds is 7. The molecule has 1 aliphatic carbocycles. The summed E-state index contributed by atoms with van der Waals surface area (Å²) in [5.74, 6) is 0.818. The first kappa shape index (κ1) is 21.9. The third-order valence-corrected chi connectivity index (χ3v) is 4.86. The molecule has 3 rings (SSSR count). The number of hydrogen-bond acceptors (Lipinski definition) is 3. The normalized spacial score (nSPS) is 16.0. The van der Waals surface area contributed by atoms with Crippen LogP contribution in [0.5, 0.6) is 0 Å². The largest absolute Gasteiger partial charge is 0.376 e. The Morgan fingerprint density at radius 3 is 2.70 bits per heavy atom. The molecule has 27 heavy (non-hydrogen) atoms. The van der Waals surface area contributed by atoms with Gasteiger partial charge in [0.2, 0.25) is 0 Å². The van der Waals surface area contributed by atoms with E-state index in [0.29, 0.717) is 6.10 Å². The van der Waals surface area contributed by atoms with E-state index in [-0.39, 0.29) is 24.0 Å². The second kappa shape index (κ2) is 12.2. The van der Waals surface area contributed by atoms with E-state index in [1.54, 1.807) is 7.05 Å². The van der Waals surface area contributed by atoms with Crippen LogP contribution in [0.3, 0.4) is 0 Å². The molecule has 0 unspecified atom stereocenters. The molecule has 0 bridgehead atoms. The van der Waals surface area contributed by atoms with Gasteiger partial charge in [-0.1, -0.05) is 31.7 Å². The van der Waals surface area contributed by atoms with Gasteiger partial charge in [-0.25, -0.2) is 4.98 Å². The van der Waals surface area contributed by atoms with Gasteiger partial charge in [-0.05, 0) is 25.0 Å². The Hall–Kier alpha value is -1.35. The molecule has 1 saturated carbocycles. The first-order valence-electron chi connectivity index (χ1n) is 9.84. The summed E-state index contributed by atoms with van der Waals surface area (Å²) >= 11 is 0. The number of ether oxygens (including phenoxy) is 1. The van der Waals surface area contributed by atoms with Crippen molar-refractivity contribution < 1.29 is 4.74 Å². The summed E-state index contributed by atoms with van der Waals surface area (Å²) in [5.41, 5.74) is 2.07. The van der Waals surface area contributed by atoms with Crippen molar-refractivity contribution in [3.63, 3.8) is 0 Å². The Balaban J connectivity index is 0.00000261.